The van der Waals surface area contributed by atoms with Gasteiger partial charge in [-0.1, -0.05) is 89.0 Å². The molecule has 5 nitrogen and oxygen atoms in total. The van der Waals surface area contributed by atoms with Gasteiger partial charge in [-0.05, 0) is 36.1 Å². The predicted octanol–water partition coefficient (Wildman–Crippen LogP) is 5.74. The quantitative estimate of drug-likeness (QED) is 0.249. The standard InChI is InChI=1S/C23H31NO4S2/c1-4-5-6-7-8-9-14-28-18-12-10-17(11-13-18)15-19-21(25)24(23(29)30-19)20(16(2)3)22(26)27/h10-13,15-16,20H,4-9,14H2,1-3H3,(H,26,27)/b19-15-/t20-/m1/s1. The first kappa shape index (κ1) is 24.4. The van der Waals surface area contributed by atoms with E-state index in [4.69, 9.17) is 17.0 Å². The number of rotatable bonds is 12. The first-order valence-electron chi connectivity index (χ1n) is 10.6. The van der Waals surface area contributed by atoms with Crippen molar-refractivity contribution in [1.29, 1.82) is 0 Å². The highest BCUT2D eigenvalue weighted by molar-refractivity contribution is 8.26. The maximum Gasteiger partial charge on any atom is 0.327 e. The van der Waals surface area contributed by atoms with Crippen LogP contribution in [0.25, 0.3) is 6.08 Å². The minimum Gasteiger partial charge on any atom is -0.494 e. The number of unbranched alkanes of at least 4 members (excludes halogenated alkanes) is 5. The molecule has 1 atom stereocenters. The molecule has 1 heterocycles. The lowest BCUT2D eigenvalue weighted by Gasteiger charge is -2.26. The minimum atomic E-state index is -1.05. The molecule has 1 aliphatic rings. The highest BCUT2D eigenvalue weighted by Gasteiger charge is 2.41. The SMILES string of the molecule is CCCCCCCCOc1ccc(/C=C2\SC(=S)N([C@@H](C(=O)O)C(C)C)C2=O)cc1. The number of carbonyl (C=O) groups excluding carboxylic acids is 1. The zero-order valence-electron chi connectivity index (χ0n) is 17.9. The second kappa shape index (κ2) is 12.1. The molecule has 2 rings (SSSR count). The van der Waals surface area contributed by atoms with Crippen molar-refractivity contribution in [1.82, 2.24) is 4.90 Å². The number of thioether (sulfide) groups is 1. The van der Waals surface area contributed by atoms with Gasteiger partial charge in [-0.3, -0.25) is 9.69 Å². The summed E-state index contributed by atoms with van der Waals surface area (Å²) in [7, 11) is 0. The molecule has 1 aliphatic heterocycles. The molecule has 164 valence electrons. The molecule has 1 saturated heterocycles. The van der Waals surface area contributed by atoms with E-state index in [1.54, 1.807) is 19.9 Å². The van der Waals surface area contributed by atoms with Crippen LogP contribution in [0.5, 0.6) is 5.75 Å². The van der Waals surface area contributed by atoms with Gasteiger partial charge in [-0.25, -0.2) is 4.79 Å². The maximum atomic E-state index is 12.8. The van der Waals surface area contributed by atoms with Crippen molar-refractivity contribution >= 4 is 46.3 Å². The van der Waals surface area contributed by atoms with E-state index in [0.29, 0.717) is 11.5 Å². The van der Waals surface area contributed by atoms with Crippen LogP contribution >= 0.6 is 24.0 Å². The molecule has 1 amide bonds. The van der Waals surface area contributed by atoms with Gasteiger partial charge in [-0.15, -0.1) is 0 Å². The molecule has 0 spiro atoms. The zero-order valence-corrected chi connectivity index (χ0v) is 19.6. The maximum absolute atomic E-state index is 12.8. The summed E-state index contributed by atoms with van der Waals surface area (Å²) in [5.74, 6) is -0.838. The van der Waals surface area contributed by atoms with Crippen molar-refractivity contribution in [3.05, 3.63) is 34.7 Å². The lowest BCUT2D eigenvalue weighted by Crippen LogP contribution is -2.47. The fraction of sp³-hybridized carbons (Fsp3) is 0.522. The molecular weight excluding hydrogens is 418 g/mol. The number of thiocarbonyl (C=S) groups is 1. The highest BCUT2D eigenvalue weighted by atomic mass is 32.2. The average molecular weight is 450 g/mol. The van der Waals surface area contributed by atoms with Crippen LogP contribution in [0.1, 0.15) is 64.9 Å². The Kier molecular flexibility index (Phi) is 9.85. The summed E-state index contributed by atoms with van der Waals surface area (Å²) in [5.41, 5.74) is 0.846. The van der Waals surface area contributed by atoms with E-state index >= 15 is 0 Å². The number of carboxylic acid groups (broad SMARTS) is 1. The number of ether oxygens (including phenoxy) is 1. The molecule has 30 heavy (non-hydrogen) atoms. The second-order valence-corrected chi connectivity index (χ2v) is 9.44. The topological polar surface area (TPSA) is 66.8 Å². The summed E-state index contributed by atoms with van der Waals surface area (Å²) in [6.45, 7) is 6.46. The second-order valence-electron chi connectivity index (χ2n) is 7.76. The molecule has 0 saturated carbocycles. The lowest BCUT2D eigenvalue weighted by atomic mass is 10.0. The Morgan fingerprint density at radius 3 is 2.40 bits per heavy atom. The van der Waals surface area contributed by atoms with Gasteiger partial charge in [0.25, 0.3) is 5.91 Å². The molecule has 0 bridgehead atoms. The van der Waals surface area contributed by atoms with Gasteiger partial charge >= 0.3 is 5.97 Å². The van der Waals surface area contributed by atoms with Gasteiger partial charge < -0.3 is 9.84 Å². The summed E-state index contributed by atoms with van der Waals surface area (Å²) < 4.78 is 6.07. The van der Waals surface area contributed by atoms with E-state index < -0.39 is 12.0 Å². The predicted molar refractivity (Wildman–Crippen MR) is 127 cm³/mol. The smallest absolute Gasteiger partial charge is 0.327 e. The summed E-state index contributed by atoms with van der Waals surface area (Å²) in [6.07, 6.45) is 9.09. The number of carbonyl (C=O) groups is 2. The molecule has 1 aromatic rings. The van der Waals surface area contributed by atoms with Gasteiger partial charge in [0.05, 0.1) is 11.5 Å². The third-order valence-electron chi connectivity index (χ3n) is 4.93. The van der Waals surface area contributed by atoms with Gasteiger partial charge in [0.15, 0.2) is 0 Å². The zero-order chi connectivity index (χ0) is 22.1. The van der Waals surface area contributed by atoms with E-state index in [2.05, 4.69) is 6.92 Å². The number of nitrogens with zero attached hydrogens (tertiary/aromatic N) is 1. The normalized spacial score (nSPS) is 16.5. The van der Waals surface area contributed by atoms with Crippen molar-refractivity contribution in [2.75, 3.05) is 6.61 Å². The largest absolute Gasteiger partial charge is 0.494 e. The lowest BCUT2D eigenvalue weighted by molar-refractivity contribution is -0.146. The number of carboxylic acids is 1. The van der Waals surface area contributed by atoms with Crippen molar-refractivity contribution in [2.45, 2.75) is 65.3 Å². The Balaban J connectivity index is 1.93. The number of amides is 1. The molecule has 1 aromatic carbocycles. The fourth-order valence-corrected chi connectivity index (χ4v) is 4.63. The van der Waals surface area contributed by atoms with Gasteiger partial charge in [-0.2, -0.15) is 0 Å². The Bertz CT molecular complexity index is 774. The minimum absolute atomic E-state index is 0.243. The van der Waals surface area contributed by atoms with E-state index in [-0.39, 0.29) is 16.1 Å². The number of benzene rings is 1. The van der Waals surface area contributed by atoms with Crippen LogP contribution in [0.4, 0.5) is 0 Å². The molecule has 7 heteroatoms. The average Bonchev–Trinajstić information content (AvgIpc) is 2.96. The van der Waals surface area contributed by atoms with Crippen LogP contribution in [0, 0.1) is 5.92 Å². The molecular formula is C23H31NO4S2. The molecule has 1 N–H and O–H groups in total. The van der Waals surface area contributed by atoms with Crippen LogP contribution < -0.4 is 4.74 Å². The molecule has 0 unspecified atom stereocenters. The third-order valence-corrected chi connectivity index (χ3v) is 6.26. The fourth-order valence-electron chi connectivity index (χ4n) is 3.30. The van der Waals surface area contributed by atoms with Crippen LogP contribution in [-0.4, -0.2) is 38.9 Å². The third kappa shape index (κ3) is 6.84. The number of hydrogen-bond acceptors (Lipinski definition) is 5. The molecule has 0 radical (unpaired) electrons. The Morgan fingerprint density at radius 2 is 1.80 bits per heavy atom. The van der Waals surface area contributed by atoms with E-state index in [1.807, 2.05) is 24.3 Å². The first-order chi connectivity index (χ1) is 14.3. The Hall–Kier alpha value is -1.86. The van der Waals surface area contributed by atoms with Crippen LogP contribution in [0.2, 0.25) is 0 Å². The first-order valence-corrected chi connectivity index (χ1v) is 11.8. The van der Waals surface area contributed by atoms with Crippen molar-refractivity contribution in [2.24, 2.45) is 5.92 Å². The Morgan fingerprint density at radius 1 is 1.17 bits per heavy atom. The number of hydrogen-bond donors (Lipinski definition) is 1. The van der Waals surface area contributed by atoms with Crippen LogP contribution in [-0.2, 0) is 9.59 Å². The van der Waals surface area contributed by atoms with Crippen molar-refractivity contribution in [3.8, 4) is 5.75 Å². The number of aliphatic carboxylic acids is 1. The van der Waals surface area contributed by atoms with E-state index in [0.717, 1.165) is 29.5 Å². The Labute approximate surface area is 188 Å². The van der Waals surface area contributed by atoms with Gasteiger partial charge in [0.2, 0.25) is 0 Å². The van der Waals surface area contributed by atoms with Gasteiger partial charge in [0, 0.05) is 0 Å². The summed E-state index contributed by atoms with van der Waals surface area (Å²) >= 11 is 6.43. The monoisotopic (exact) mass is 449 g/mol. The van der Waals surface area contributed by atoms with E-state index in [1.165, 1.54) is 37.0 Å². The van der Waals surface area contributed by atoms with Crippen LogP contribution in [0.15, 0.2) is 29.2 Å². The molecule has 1 fully saturated rings. The van der Waals surface area contributed by atoms with Gasteiger partial charge in [0.1, 0.15) is 16.1 Å². The highest BCUT2D eigenvalue weighted by Crippen LogP contribution is 2.35. The summed E-state index contributed by atoms with van der Waals surface area (Å²) in [4.78, 5) is 26.0. The summed E-state index contributed by atoms with van der Waals surface area (Å²) in [5, 5.41) is 9.49. The molecule has 0 aromatic heterocycles. The van der Waals surface area contributed by atoms with E-state index in [9.17, 15) is 14.7 Å². The summed E-state index contributed by atoms with van der Waals surface area (Å²) in [6, 6.07) is 6.59. The van der Waals surface area contributed by atoms with Crippen molar-refractivity contribution < 1.29 is 19.4 Å². The van der Waals surface area contributed by atoms with Crippen molar-refractivity contribution in [3.63, 3.8) is 0 Å². The molecule has 0 aliphatic carbocycles. The van der Waals surface area contributed by atoms with Crippen LogP contribution in [0.3, 0.4) is 0 Å².